The highest BCUT2D eigenvalue weighted by atomic mass is 19.1. The molecule has 2 nitrogen and oxygen atoms in total. The summed E-state index contributed by atoms with van der Waals surface area (Å²) in [5.74, 6) is 0.201. The van der Waals surface area contributed by atoms with Crippen molar-refractivity contribution in [1.82, 2.24) is 0 Å². The van der Waals surface area contributed by atoms with E-state index in [0.29, 0.717) is 18.6 Å². The van der Waals surface area contributed by atoms with Crippen molar-refractivity contribution in [2.24, 2.45) is 0 Å². The topological polar surface area (TPSA) is 33.0 Å². The molecule has 0 saturated carbocycles. The van der Waals surface area contributed by atoms with E-state index in [9.17, 15) is 9.65 Å². The average molecular weight is 297 g/mol. The fourth-order valence-corrected chi connectivity index (χ4v) is 2.70. The maximum atomic E-state index is 13.3. The summed E-state index contributed by atoms with van der Waals surface area (Å²) < 4.78 is 19.1. The lowest BCUT2D eigenvalue weighted by Crippen LogP contribution is -2.06. The number of rotatable bonds is 5. The molecule has 22 heavy (non-hydrogen) atoms. The molecule has 0 bridgehead atoms. The first kappa shape index (κ1) is 16.0. The summed E-state index contributed by atoms with van der Waals surface area (Å²) in [6.07, 6.45) is 0.534. The van der Waals surface area contributed by atoms with Crippen molar-refractivity contribution in [3.05, 3.63) is 64.5 Å². The molecule has 2 aromatic carbocycles. The van der Waals surface area contributed by atoms with Crippen LogP contribution < -0.4 is 4.74 Å². The Labute approximate surface area is 131 Å². The van der Waals surface area contributed by atoms with Gasteiger partial charge in [0.2, 0.25) is 0 Å². The van der Waals surface area contributed by atoms with E-state index in [1.54, 1.807) is 12.1 Å². The van der Waals surface area contributed by atoms with Gasteiger partial charge in [0, 0.05) is 6.42 Å². The number of halogens is 1. The van der Waals surface area contributed by atoms with Crippen molar-refractivity contribution in [1.29, 1.82) is 5.26 Å². The molecule has 3 heteroatoms. The van der Waals surface area contributed by atoms with E-state index in [0.717, 1.165) is 16.9 Å². The van der Waals surface area contributed by atoms with E-state index in [-0.39, 0.29) is 11.7 Å². The Hall–Kier alpha value is -2.34. The van der Waals surface area contributed by atoms with E-state index in [1.165, 1.54) is 17.7 Å². The molecule has 0 aliphatic carbocycles. The van der Waals surface area contributed by atoms with Crippen LogP contribution in [0.5, 0.6) is 5.75 Å². The van der Waals surface area contributed by atoms with E-state index >= 15 is 0 Å². The van der Waals surface area contributed by atoms with Crippen molar-refractivity contribution in [3.8, 4) is 11.8 Å². The monoisotopic (exact) mass is 297 g/mol. The van der Waals surface area contributed by atoms with Crippen LogP contribution in [0.2, 0.25) is 0 Å². The lowest BCUT2D eigenvalue weighted by Gasteiger charge is -2.15. The summed E-state index contributed by atoms with van der Waals surface area (Å²) in [5, 5.41) is 9.29. The van der Waals surface area contributed by atoms with Gasteiger partial charge in [0.1, 0.15) is 11.6 Å². The van der Waals surface area contributed by atoms with Gasteiger partial charge in [-0.1, -0.05) is 29.8 Å². The smallest absolute Gasteiger partial charge is 0.125 e. The number of aryl methyl sites for hydroxylation is 3. The van der Waals surface area contributed by atoms with Gasteiger partial charge in [-0.05, 0) is 49.6 Å². The summed E-state index contributed by atoms with van der Waals surface area (Å²) in [5.41, 5.74) is 4.09. The van der Waals surface area contributed by atoms with E-state index < -0.39 is 0 Å². The first-order chi connectivity index (χ1) is 10.5. The first-order valence-electron chi connectivity index (χ1n) is 7.37. The Morgan fingerprint density at radius 3 is 2.41 bits per heavy atom. The highest BCUT2D eigenvalue weighted by molar-refractivity contribution is 5.43. The molecule has 0 saturated heterocycles. The highest BCUT2D eigenvalue weighted by Gasteiger charge is 2.12. The molecule has 1 atom stereocenters. The third-order valence-corrected chi connectivity index (χ3v) is 3.66. The van der Waals surface area contributed by atoms with Crippen LogP contribution in [0.3, 0.4) is 0 Å². The van der Waals surface area contributed by atoms with Crippen LogP contribution in [-0.4, -0.2) is 6.61 Å². The van der Waals surface area contributed by atoms with Gasteiger partial charge in [-0.3, -0.25) is 0 Å². The Morgan fingerprint density at radius 1 is 1.14 bits per heavy atom. The Bertz CT molecular complexity index is 680. The van der Waals surface area contributed by atoms with Crippen LogP contribution in [0, 0.1) is 37.9 Å². The van der Waals surface area contributed by atoms with E-state index in [2.05, 4.69) is 25.1 Å². The molecule has 0 heterocycles. The second-order valence-corrected chi connectivity index (χ2v) is 5.60. The SMILES string of the molecule is Cc1cc(C)c(OCCC(C#N)c2cccc(F)c2)c(C)c1. The molecule has 0 amide bonds. The summed E-state index contributed by atoms with van der Waals surface area (Å²) >= 11 is 0. The predicted molar refractivity (Wildman–Crippen MR) is 85.5 cm³/mol. The van der Waals surface area contributed by atoms with Gasteiger partial charge in [-0.25, -0.2) is 4.39 Å². The summed E-state index contributed by atoms with van der Waals surface area (Å²) in [6, 6.07) is 12.6. The number of benzene rings is 2. The highest BCUT2D eigenvalue weighted by Crippen LogP contribution is 2.26. The third kappa shape index (κ3) is 3.85. The van der Waals surface area contributed by atoms with Crippen LogP contribution in [0.25, 0.3) is 0 Å². The van der Waals surface area contributed by atoms with E-state index in [1.807, 2.05) is 13.8 Å². The quantitative estimate of drug-likeness (QED) is 0.792. The molecule has 0 N–H and O–H groups in total. The van der Waals surface area contributed by atoms with Gasteiger partial charge in [0.25, 0.3) is 0 Å². The van der Waals surface area contributed by atoms with Crippen LogP contribution in [0.15, 0.2) is 36.4 Å². The summed E-state index contributed by atoms with van der Waals surface area (Å²) in [7, 11) is 0. The minimum atomic E-state index is -0.359. The van der Waals surface area contributed by atoms with Gasteiger partial charge in [0.05, 0.1) is 18.6 Å². The molecule has 0 aliphatic heterocycles. The molecule has 2 aromatic rings. The zero-order valence-corrected chi connectivity index (χ0v) is 13.2. The number of ether oxygens (including phenoxy) is 1. The summed E-state index contributed by atoms with van der Waals surface area (Å²) in [4.78, 5) is 0. The number of nitrogens with zero attached hydrogens (tertiary/aromatic N) is 1. The normalized spacial score (nSPS) is 11.8. The predicted octanol–water partition coefficient (Wildman–Crippen LogP) is 4.83. The number of hydrogen-bond acceptors (Lipinski definition) is 2. The largest absolute Gasteiger partial charge is 0.493 e. The van der Waals surface area contributed by atoms with Crippen molar-refractivity contribution < 1.29 is 9.13 Å². The molecular weight excluding hydrogens is 277 g/mol. The molecule has 0 aromatic heterocycles. The maximum absolute atomic E-state index is 13.3. The van der Waals surface area contributed by atoms with Gasteiger partial charge >= 0.3 is 0 Å². The van der Waals surface area contributed by atoms with Crippen LogP contribution in [0.1, 0.15) is 34.6 Å². The average Bonchev–Trinajstić information content (AvgIpc) is 2.45. The minimum Gasteiger partial charge on any atom is -0.493 e. The van der Waals surface area contributed by atoms with Crippen LogP contribution in [0.4, 0.5) is 4.39 Å². The molecular formula is C19H20FNO. The van der Waals surface area contributed by atoms with E-state index in [4.69, 9.17) is 4.74 Å². The van der Waals surface area contributed by atoms with Gasteiger partial charge < -0.3 is 4.74 Å². The molecule has 114 valence electrons. The zero-order chi connectivity index (χ0) is 16.1. The third-order valence-electron chi connectivity index (χ3n) is 3.66. The minimum absolute atomic E-state index is 0.316. The standard InChI is InChI=1S/C19H20FNO/c1-13-9-14(2)19(15(3)10-13)22-8-7-17(12-21)16-5-4-6-18(20)11-16/h4-6,9-11,17H,7-8H2,1-3H3. The van der Waals surface area contributed by atoms with Crippen molar-refractivity contribution in [3.63, 3.8) is 0 Å². The fraction of sp³-hybridized carbons (Fsp3) is 0.316. The molecule has 2 rings (SSSR count). The van der Waals surface area contributed by atoms with Crippen molar-refractivity contribution in [2.45, 2.75) is 33.1 Å². The summed E-state index contributed by atoms with van der Waals surface area (Å²) in [6.45, 7) is 6.52. The van der Waals surface area contributed by atoms with Gasteiger partial charge in [0.15, 0.2) is 0 Å². The molecule has 0 fully saturated rings. The Kier molecular flexibility index (Phi) is 5.16. The second-order valence-electron chi connectivity index (χ2n) is 5.60. The zero-order valence-electron chi connectivity index (χ0n) is 13.2. The Morgan fingerprint density at radius 2 is 1.82 bits per heavy atom. The Balaban J connectivity index is 2.02. The molecule has 0 spiro atoms. The second kappa shape index (κ2) is 7.09. The number of hydrogen-bond donors (Lipinski definition) is 0. The van der Waals surface area contributed by atoms with Crippen LogP contribution >= 0.6 is 0 Å². The fourth-order valence-electron chi connectivity index (χ4n) is 2.70. The lowest BCUT2D eigenvalue weighted by atomic mass is 9.97. The molecule has 0 aliphatic rings. The van der Waals surface area contributed by atoms with Crippen molar-refractivity contribution >= 4 is 0 Å². The van der Waals surface area contributed by atoms with Crippen LogP contribution in [-0.2, 0) is 0 Å². The number of nitriles is 1. The molecule has 1 unspecified atom stereocenters. The first-order valence-corrected chi connectivity index (χ1v) is 7.37. The lowest BCUT2D eigenvalue weighted by molar-refractivity contribution is 0.302. The maximum Gasteiger partial charge on any atom is 0.125 e. The van der Waals surface area contributed by atoms with Gasteiger partial charge in [-0.2, -0.15) is 5.26 Å². The van der Waals surface area contributed by atoms with Gasteiger partial charge in [-0.15, -0.1) is 0 Å². The molecule has 0 radical (unpaired) electrons. The van der Waals surface area contributed by atoms with Crippen molar-refractivity contribution in [2.75, 3.05) is 6.61 Å².